The van der Waals surface area contributed by atoms with E-state index in [1.807, 2.05) is 0 Å². The Kier molecular flexibility index (Phi) is 2.03. The van der Waals surface area contributed by atoms with Gasteiger partial charge in [0.05, 0.1) is 18.6 Å². The molecule has 0 N–H and O–H groups in total. The zero-order valence-electron chi connectivity index (χ0n) is 5.57. The maximum atomic E-state index is 9.79. The van der Waals surface area contributed by atoms with Crippen LogP contribution >= 0.6 is 0 Å². The second-order valence-electron chi connectivity index (χ2n) is 1.95. The topological polar surface area (TPSA) is 42.6 Å². The van der Waals surface area contributed by atoms with Gasteiger partial charge in [0, 0.05) is 5.56 Å². The van der Waals surface area contributed by atoms with Crippen molar-refractivity contribution >= 4 is 6.08 Å². The minimum absolute atomic E-state index is 0.142. The van der Waals surface area contributed by atoms with Crippen LogP contribution in [0.1, 0.15) is 18.5 Å². The van der Waals surface area contributed by atoms with Gasteiger partial charge in [-0.3, -0.25) is 0 Å². The smallest absolute Gasteiger partial charge is 0.235 e. The monoisotopic (exact) mass is 137 g/mol. The van der Waals surface area contributed by atoms with E-state index in [1.165, 1.54) is 6.08 Å². The highest BCUT2D eigenvalue weighted by molar-refractivity contribution is 5.34. The Labute approximate surface area is 58.4 Å². The number of isocyanates is 1. The van der Waals surface area contributed by atoms with Gasteiger partial charge in [-0.05, 0) is 13.0 Å². The molecular weight excluding hydrogens is 130 g/mol. The molecule has 0 radical (unpaired) electrons. The van der Waals surface area contributed by atoms with Crippen molar-refractivity contribution in [2.24, 2.45) is 4.99 Å². The number of rotatable bonds is 2. The molecule has 0 aliphatic carbocycles. The molecule has 0 saturated heterocycles. The highest BCUT2D eigenvalue weighted by atomic mass is 16.3. The molecule has 52 valence electrons. The molecule has 0 bridgehead atoms. The molecule has 1 rings (SSSR count). The van der Waals surface area contributed by atoms with Crippen molar-refractivity contribution in [2.75, 3.05) is 0 Å². The summed E-state index contributed by atoms with van der Waals surface area (Å²) in [5.74, 6) is 0. The summed E-state index contributed by atoms with van der Waals surface area (Å²) in [4.78, 5) is 13.3. The standard InChI is InChI=1S/C7H7NO2/c1-6(8-5-9)7-2-3-10-4-7/h2-4,6H,1H3. The minimum atomic E-state index is -0.142. The lowest BCUT2D eigenvalue weighted by atomic mass is 10.2. The van der Waals surface area contributed by atoms with E-state index in [0.29, 0.717) is 0 Å². The molecule has 3 nitrogen and oxygen atoms in total. The van der Waals surface area contributed by atoms with Crippen LogP contribution in [0.25, 0.3) is 0 Å². The largest absolute Gasteiger partial charge is 0.472 e. The van der Waals surface area contributed by atoms with Crippen molar-refractivity contribution in [1.82, 2.24) is 0 Å². The van der Waals surface area contributed by atoms with Gasteiger partial charge in [-0.15, -0.1) is 0 Å². The first-order valence-corrected chi connectivity index (χ1v) is 2.93. The average Bonchev–Trinajstić information content (AvgIpc) is 2.38. The summed E-state index contributed by atoms with van der Waals surface area (Å²) in [7, 11) is 0. The van der Waals surface area contributed by atoms with Gasteiger partial charge in [-0.25, -0.2) is 4.79 Å². The Bertz CT molecular complexity index is 234. The molecule has 1 atom stereocenters. The number of aliphatic imine (C=N–C) groups is 1. The van der Waals surface area contributed by atoms with Crippen LogP contribution in [0.3, 0.4) is 0 Å². The molecule has 1 heterocycles. The highest BCUT2D eigenvalue weighted by Crippen LogP contribution is 2.15. The van der Waals surface area contributed by atoms with E-state index in [1.54, 1.807) is 25.5 Å². The van der Waals surface area contributed by atoms with Crippen LogP contribution in [-0.4, -0.2) is 6.08 Å². The third-order valence-electron chi connectivity index (χ3n) is 1.27. The molecule has 0 aromatic carbocycles. The van der Waals surface area contributed by atoms with E-state index < -0.39 is 0 Å². The van der Waals surface area contributed by atoms with Crippen molar-refractivity contribution in [1.29, 1.82) is 0 Å². The van der Waals surface area contributed by atoms with Crippen molar-refractivity contribution in [3.8, 4) is 0 Å². The van der Waals surface area contributed by atoms with Crippen molar-refractivity contribution in [3.63, 3.8) is 0 Å². The molecule has 0 fully saturated rings. The van der Waals surface area contributed by atoms with E-state index >= 15 is 0 Å². The summed E-state index contributed by atoms with van der Waals surface area (Å²) in [6, 6.07) is 1.63. The van der Waals surface area contributed by atoms with E-state index in [-0.39, 0.29) is 6.04 Å². The number of hydrogen-bond donors (Lipinski definition) is 0. The summed E-state index contributed by atoms with van der Waals surface area (Å²) >= 11 is 0. The molecule has 1 aromatic heterocycles. The summed E-state index contributed by atoms with van der Waals surface area (Å²) in [5, 5.41) is 0. The maximum Gasteiger partial charge on any atom is 0.235 e. The molecule has 0 aliphatic heterocycles. The molecule has 0 aliphatic rings. The Morgan fingerprint density at radius 3 is 3.10 bits per heavy atom. The highest BCUT2D eigenvalue weighted by Gasteiger charge is 2.02. The minimum Gasteiger partial charge on any atom is -0.472 e. The zero-order valence-corrected chi connectivity index (χ0v) is 5.57. The molecule has 0 spiro atoms. The van der Waals surface area contributed by atoms with Crippen LogP contribution < -0.4 is 0 Å². The quantitative estimate of drug-likeness (QED) is 0.459. The number of carbonyl (C=O) groups excluding carboxylic acids is 1. The van der Waals surface area contributed by atoms with Gasteiger partial charge in [0.25, 0.3) is 0 Å². The van der Waals surface area contributed by atoms with E-state index in [9.17, 15) is 4.79 Å². The predicted octanol–water partition coefficient (Wildman–Crippen LogP) is 1.68. The first-order chi connectivity index (χ1) is 4.84. The van der Waals surface area contributed by atoms with Gasteiger partial charge in [0.15, 0.2) is 0 Å². The third kappa shape index (κ3) is 1.33. The first kappa shape index (κ1) is 6.78. The fraction of sp³-hybridized carbons (Fsp3) is 0.286. The lowest BCUT2D eigenvalue weighted by Crippen LogP contribution is -1.83. The second-order valence-corrected chi connectivity index (χ2v) is 1.95. The summed E-state index contributed by atoms with van der Waals surface area (Å²) in [6.45, 7) is 1.80. The molecule has 1 aromatic rings. The van der Waals surface area contributed by atoms with Crippen molar-refractivity contribution in [2.45, 2.75) is 13.0 Å². The van der Waals surface area contributed by atoms with E-state index in [0.717, 1.165) is 5.56 Å². The van der Waals surface area contributed by atoms with Gasteiger partial charge < -0.3 is 4.42 Å². The molecule has 10 heavy (non-hydrogen) atoms. The number of furan rings is 1. The van der Waals surface area contributed by atoms with Crippen LogP contribution in [0.15, 0.2) is 28.0 Å². The fourth-order valence-electron chi connectivity index (χ4n) is 0.666. The van der Waals surface area contributed by atoms with Crippen molar-refractivity contribution in [3.05, 3.63) is 24.2 Å². The Morgan fingerprint density at radius 2 is 2.60 bits per heavy atom. The molecule has 0 saturated carbocycles. The fourth-order valence-corrected chi connectivity index (χ4v) is 0.666. The van der Waals surface area contributed by atoms with Gasteiger partial charge in [-0.1, -0.05) is 0 Å². The lowest BCUT2D eigenvalue weighted by molar-refractivity contribution is 0.554. The normalized spacial score (nSPS) is 12.1. The van der Waals surface area contributed by atoms with Gasteiger partial charge in [0.1, 0.15) is 0 Å². The summed E-state index contributed by atoms with van der Waals surface area (Å²) in [5.41, 5.74) is 0.892. The molecule has 1 unspecified atom stereocenters. The Hall–Kier alpha value is -1.34. The molecule has 0 amide bonds. The van der Waals surface area contributed by atoms with Crippen LogP contribution in [0.2, 0.25) is 0 Å². The van der Waals surface area contributed by atoms with Crippen LogP contribution in [-0.2, 0) is 4.79 Å². The molecular formula is C7H7NO2. The van der Waals surface area contributed by atoms with Crippen molar-refractivity contribution < 1.29 is 9.21 Å². The van der Waals surface area contributed by atoms with Gasteiger partial charge in [0.2, 0.25) is 6.08 Å². The SMILES string of the molecule is CC(N=C=O)c1ccoc1. The second kappa shape index (κ2) is 2.99. The van der Waals surface area contributed by atoms with E-state index in [4.69, 9.17) is 4.42 Å². The van der Waals surface area contributed by atoms with Crippen LogP contribution in [0, 0.1) is 0 Å². The Morgan fingerprint density at radius 1 is 1.80 bits per heavy atom. The average molecular weight is 137 g/mol. The predicted molar refractivity (Wildman–Crippen MR) is 35.2 cm³/mol. The zero-order chi connectivity index (χ0) is 7.40. The first-order valence-electron chi connectivity index (χ1n) is 2.93. The third-order valence-corrected chi connectivity index (χ3v) is 1.27. The van der Waals surface area contributed by atoms with Crippen LogP contribution in [0.4, 0.5) is 0 Å². The number of hydrogen-bond acceptors (Lipinski definition) is 3. The Balaban J connectivity index is 2.76. The van der Waals surface area contributed by atoms with E-state index in [2.05, 4.69) is 4.99 Å². The lowest BCUT2D eigenvalue weighted by Gasteiger charge is -1.95. The summed E-state index contributed by atoms with van der Waals surface area (Å²) < 4.78 is 4.79. The van der Waals surface area contributed by atoms with Gasteiger partial charge >= 0.3 is 0 Å². The summed E-state index contributed by atoms with van der Waals surface area (Å²) in [6.07, 6.45) is 4.60. The van der Waals surface area contributed by atoms with Crippen LogP contribution in [0.5, 0.6) is 0 Å². The van der Waals surface area contributed by atoms with Gasteiger partial charge in [-0.2, -0.15) is 4.99 Å². The molecule has 3 heteroatoms. The maximum absolute atomic E-state index is 9.79. The number of nitrogens with zero attached hydrogens (tertiary/aromatic N) is 1.